The Labute approximate surface area is 105 Å². The highest BCUT2D eigenvalue weighted by molar-refractivity contribution is 5.78. The van der Waals surface area contributed by atoms with Gasteiger partial charge in [0.25, 0.3) is 0 Å². The van der Waals surface area contributed by atoms with Crippen molar-refractivity contribution in [1.29, 1.82) is 0 Å². The number of para-hydroxylation sites is 1. The summed E-state index contributed by atoms with van der Waals surface area (Å²) in [4.78, 5) is 10.9. The number of fused-ring (bicyclic) bond motifs is 1. The number of hydrogen-bond donors (Lipinski definition) is 2. The van der Waals surface area contributed by atoms with E-state index in [9.17, 15) is 4.79 Å². The summed E-state index contributed by atoms with van der Waals surface area (Å²) in [6, 6.07) is 9.47. The first kappa shape index (κ1) is 12.6. The zero-order valence-corrected chi connectivity index (χ0v) is 10.5. The summed E-state index contributed by atoms with van der Waals surface area (Å²) in [5, 5.41) is 9.95. The zero-order chi connectivity index (χ0) is 13.3. The van der Waals surface area contributed by atoms with Gasteiger partial charge in [0.15, 0.2) is 0 Å². The van der Waals surface area contributed by atoms with Crippen molar-refractivity contribution in [3.05, 3.63) is 36.1 Å². The van der Waals surface area contributed by atoms with Crippen LogP contribution in [-0.4, -0.2) is 16.6 Å². The van der Waals surface area contributed by atoms with Crippen LogP contribution >= 0.6 is 0 Å². The maximum Gasteiger partial charge on any atom is 0.304 e. The second kappa shape index (κ2) is 4.46. The van der Waals surface area contributed by atoms with E-state index >= 15 is 0 Å². The Hall–Kier alpha value is -1.81. The molecule has 1 heterocycles. The highest BCUT2D eigenvalue weighted by Gasteiger charge is 2.31. The summed E-state index contributed by atoms with van der Waals surface area (Å²) in [5.41, 5.74) is 6.17. The lowest BCUT2D eigenvalue weighted by atomic mass is 9.84. The number of aliphatic carboxylic acids is 1. The van der Waals surface area contributed by atoms with Gasteiger partial charge < -0.3 is 15.3 Å². The van der Waals surface area contributed by atoms with Crippen LogP contribution in [0.4, 0.5) is 0 Å². The van der Waals surface area contributed by atoms with E-state index in [2.05, 4.69) is 0 Å². The van der Waals surface area contributed by atoms with Crippen molar-refractivity contribution in [3.8, 4) is 0 Å². The minimum atomic E-state index is -0.876. The maximum absolute atomic E-state index is 10.9. The third-order valence-electron chi connectivity index (χ3n) is 3.06. The van der Waals surface area contributed by atoms with E-state index < -0.39 is 11.5 Å². The Morgan fingerprint density at radius 2 is 2.11 bits per heavy atom. The summed E-state index contributed by atoms with van der Waals surface area (Å²) < 4.78 is 5.71. The van der Waals surface area contributed by atoms with Crippen molar-refractivity contribution in [2.24, 2.45) is 5.73 Å². The molecule has 1 unspecified atom stereocenters. The van der Waals surface area contributed by atoms with Crippen LogP contribution in [0.5, 0.6) is 0 Å². The molecule has 1 aromatic heterocycles. The lowest BCUT2D eigenvalue weighted by molar-refractivity contribution is -0.137. The van der Waals surface area contributed by atoms with Gasteiger partial charge in [-0.2, -0.15) is 0 Å². The second-order valence-corrected chi connectivity index (χ2v) is 5.16. The number of nitrogens with two attached hydrogens (primary N) is 1. The van der Waals surface area contributed by atoms with Crippen molar-refractivity contribution in [1.82, 2.24) is 0 Å². The van der Waals surface area contributed by atoms with Gasteiger partial charge in [0.05, 0.1) is 6.42 Å². The normalized spacial score (nSPS) is 13.7. The summed E-state index contributed by atoms with van der Waals surface area (Å²) in [6.45, 7) is 3.63. The molecule has 0 aliphatic heterocycles. The fraction of sp³-hybridized carbons (Fsp3) is 0.357. The maximum atomic E-state index is 10.9. The summed E-state index contributed by atoms with van der Waals surface area (Å²) in [7, 11) is 0. The van der Waals surface area contributed by atoms with E-state index in [1.165, 1.54) is 0 Å². The Balaban J connectivity index is 2.44. The molecule has 0 fully saturated rings. The molecule has 1 atom stereocenters. The minimum absolute atomic E-state index is 0.0384. The Kier molecular flexibility index (Phi) is 3.13. The molecule has 0 saturated carbocycles. The molecule has 2 rings (SSSR count). The third kappa shape index (κ3) is 2.54. The monoisotopic (exact) mass is 247 g/mol. The van der Waals surface area contributed by atoms with Gasteiger partial charge in [0.2, 0.25) is 0 Å². The van der Waals surface area contributed by atoms with Crippen LogP contribution in [0.15, 0.2) is 34.7 Å². The van der Waals surface area contributed by atoms with Gasteiger partial charge in [-0.25, -0.2) is 0 Å². The topological polar surface area (TPSA) is 76.5 Å². The quantitative estimate of drug-likeness (QED) is 0.870. The molecule has 2 aromatic rings. The minimum Gasteiger partial charge on any atom is -0.481 e. The number of rotatable bonds is 4. The molecular formula is C14H17NO3. The first-order valence-electron chi connectivity index (χ1n) is 5.87. The van der Waals surface area contributed by atoms with Crippen molar-refractivity contribution in [3.63, 3.8) is 0 Å². The van der Waals surface area contributed by atoms with Crippen molar-refractivity contribution in [2.45, 2.75) is 31.7 Å². The highest BCUT2D eigenvalue weighted by Crippen LogP contribution is 2.33. The van der Waals surface area contributed by atoms with Crippen molar-refractivity contribution in [2.75, 3.05) is 0 Å². The van der Waals surface area contributed by atoms with Crippen LogP contribution < -0.4 is 5.73 Å². The smallest absolute Gasteiger partial charge is 0.304 e. The van der Waals surface area contributed by atoms with Crippen LogP contribution in [0.1, 0.15) is 31.9 Å². The van der Waals surface area contributed by atoms with Crippen LogP contribution in [0.3, 0.4) is 0 Å². The Morgan fingerprint density at radius 3 is 2.67 bits per heavy atom. The molecule has 0 spiro atoms. The fourth-order valence-electron chi connectivity index (χ4n) is 2.08. The number of hydrogen-bond acceptors (Lipinski definition) is 3. The zero-order valence-electron chi connectivity index (χ0n) is 10.5. The third-order valence-corrected chi connectivity index (χ3v) is 3.06. The summed E-state index contributed by atoms with van der Waals surface area (Å²) in [5.74, 6) is -0.590. The lowest BCUT2D eigenvalue weighted by Crippen LogP contribution is -2.40. The summed E-state index contributed by atoms with van der Waals surface area (Å²) in [6.07, 6.45) is -0.0384. The molecule has 96 valence electrons. The number of furan rings is 1. The Bertz CT molecular complexity index is 533. The molecule has 0 aliphatic carbocycles. The Morgan fingerprint density at radius 1 is 1.44 bits per heavy atom. The molecule has 0 radical (unpaired) electrons. The van der Waals surface area contributed by atoms with Gasteiger partial charge in [-0.05, 0) is 26.0 Å². The molecule has 4 heteroatoms. The van der Waals surface area contributed by atoms with E-state index in [4.69, 9.17) is 15.3 Å². The largest absolute Gasteiger partial charge is 0.481 e. The molecule has 3 N–H and O–H groups in total. The van der Waals surface area contributed by atoms with Gasteiger partial charge in [0, 0.05) is 16.8 Å². The number of benzene rings is 1. The molecule has 4 nitrogen and oxygen atoms in total. The molecule has 0 bridgehead atoms. The number of carbonyl (C=O) groups is 1. The first-order valence-corrected chi connectivity index (χ1v) is 5.87. The van der Waals surface area contributed by atoms with Crippen LogP contribution in [0.25, 0.3) is 11.0 Å². The summed E-state index contributed by atoms with van der Waals surface area (Å²) >= 11 is 0. The van der Waals surface area contributed by atoms with E-state index in [1.807, 2.05) is 44.2 Å². The van der Waals surface area contributed by atoms with Crippen LogP contribution in [0, 0.1) is 0 Å². The molecule has 0 amide bonds. The average molecular weight is 247 g/mol. The molecule has 0 saturated heterocycles. The molecule has 18 heavy (non-hydrogen) atoms. The van der Waals surface area contributed by atoms with Crippen LogP contribution in [-0.2, 0) is 4.79 Å². The second-order valence-electron chi connectivity index (χ2n) is 5.16. The number of carboxylic acid groups (broad SMARTS) is 1. The average Bonchev–Trinajstić information content (AvgIpc) is 2.67. The van der Waals surface area contributed by atoms with Gasteiger partial charge in [0.1, 0.15) is 11.3 Å². The van der Waals surface area contributed by atoms with Crippen LogP contribution in [0.2, 0.25) is 0 Å². The van der Waals surface area contributed by atoms with Gasteiger partial charge >= 0.3 is 5.97 Å². The lowest BCUT2D eigenvalue weighted by Gasteiger charge is -2.27. The van der Waals surface area contributed by atoms with Crippen molar-refractivity contribution < 1.29 is 14.3 Å². The predicted octanol–water partition coefficient (Wildman–Crippen LogP) is 2.73. The predicted molar refractivity (Wildman–Crippen MR) is 69.5 cm³/mol. The number of carboxylic acids is 1. The van der Waals surface area contributed by atoms with E-state index in [0.29, 0.717) is 5.76 Å². The van der Waals surface area contributed by atoms with Gasteiger partial charge in [-0.1, -0.05) is 18.2 Å². The first-order chi connectivity index (χ1) is 8.38. The van der Waals surface area contributed by atoms with Gasteiger partial charge in [-0.15, -0.1) is 0 Å². The highest BCUT2D eigenvalue weighted by atomic mass is 16.4. The molecule has 0 aliphatic rings. The van der Waals surface area contributed by atoms with Crippen molar-refractivity contribution >= 4 is 16.9 Å². The molecule has 1 aromatic carbocycles. The van der Waals surface area contributed by atoms with E-state index in [-0.39, 0.29) is 12.3 Å². The van der Waals surface area contributed by atoms with E-state index in [0.717, 1.165) is 11.0 Å². The SMILES string of the molecule is CC(C)(N)C(CC(=O)O)c1cc2ccccc2o1. The molecular weight excluding hydrogens is 230 g/mol. The fourth-order valence-corrected chi connectivity index (χ4v) is 2.08. The van der Waals surface area contributed by atoms with Gasteiger partial charge in [-0.3, -0.25) is 4.79 Å². The standard InChI is InChI=1S/C14H17NO3/c1-14(2,15)10(8-13(16)17)12-7-9-5-3-4-6-11(9)18-12/h3-7,10H,8,15H2,1-2H3,(H,16,17). The van der Waals surface area contributed by atoms with E-state index in [1.54, 1.807) is 0 Å².